The number of hydrogen-bond donors (Lipinski definition) is 0. The van der Waals surface area contributed by atoms with Crippen LogP contribution in [0.1, 0.15) is 6.92 Å². The molecule has 0 amide bonds. The van der Waals surface area contributed by atoms with Gasteiger partial charge in [-0.15, -0.1) is 5.10 Å². The Morgan fingerprint density at radius 2 is 2.25 bits per heavy atom. The third-order valence-corrected chi connectivity index (χ3v) is 4.09. The second-order valence-corrected chi connectivity index (χ2v) is 5.19. The number of carbonyl (C=O) groups is 1. The maximum absolute atomic E-state index is 11.4. The molecule has 20 heavy (non-hydrogen) atoms. The Hall–Kier alpha value is -1.35. The molecule has 1 atom stereocenters. The lowest BCUT2D eigenvalue weighted by Crippen LogP contribution is -2.25. The Kier molecular flexibility index (Phi) is 4.81. The van der Waals surface area contributed by atoms with Crippen LogP contribution in [0.4, 0.5) is 0 Å². The number of methoxy groups -OCH3 is 1. The molecule has 0 aliphatic carbocycles. The molecular weight excluding hydrogens is 397 g/mol. The van der Waals surface area contributed by atoms with E-state index in [-0.39, 0.29) is 5.88 Å². The molecule has 106 valence electrons. The Morgan fingerprint density at radius 3 is 2.85 bits per heavy atom. The van der Waals surface area contributed by atoms with Crippen molar-refractivity contribution in [3.05, 3.63) is 33.1 Å². The summed E-state index contributed by atoms with van der Waals surface area (Å²) < 4.78 is 12.2. The molecular formula is C12H11ClIN3O3. The van der Waals surface area contributed by atoms with Gasteiger partial charge in [-0.3, -0.25) is 0 Å². The van der Waals surface area contributed by atoms with Crippen LogP contribution in [0.15, 0.2) is 24.4 Å². The SMILES string of the molecule is COC(=O)[C@@H](C)Oc1nn(-c2ccccn2)c(I)c1Cl. The van der Waals surface area contributed by atoms with E-state index in [0.717, 1.165) is 0 Å². The lowest BCUT2D eigenvalue weighted by Gasteiger charge is -2.09. The molecule has 2 aromatic heterocycles. The van der Waals surface area contributed by atoms with Gasteiger partial charge in [0.05, 0.1) is 7.11 Å². The quantitative estimate of drug-likeness (QED) is 0.575. The zero-order valence-electron chi connectivity index (χ0n) is 10.7. The molecule has 0 N–H and O–H groups in total. The fraction of sp³-hybridized carbons (Fsp3) is 0.250. The van der Waals surface area contributed by atoms with E-state index in [4.69, 9.17) is 16.3 Å². The largest absolute Gasteiger partial charge is 0.466 e. The molecule has 0 bridgehead atoms. The van der Waals surface area contributed by atoms with Crippen LogP contribution < -0.4 is 4.74 Å². The van der Waals surface area contributed by atoms with E-state index in [0.29, 0.717) is 14.5 Å². The molecule has 0 aliphatic heterocycles. The standard InChI is InChI=1S/C12H11ClIN3O3/c1-7(12(18)19-2)20-11-9(13)10(14)17(16-11)8-5-3-4-6-15-8/h3-7H,1-2H3/t7-/m1/s1. The number of ether oxygens (including phenoxy) is 2. The summed E-state index contributed by atoms with van der Waals surface area (Å²) in [7, 11) is 1.29. The van der Waals surface area contributed by atoms with Crippen LogP contribution in [0.2, 0.25) is 5.02 Å². The molecule has 0 aromatic carbocycles. The minimum atomic E-state index is -0.791. The van der Waals surface area contributed by atoms with Crippen molar-refractivity contribution in [2.75, 3.05) is 7.11 Å². The molecule has 0 unspecified atom stereocenters. The monoisotopic (exact) mass is 407 g/mol. The summed E-state index contributed by atoms with van der Waals surface area (Å²) in [6.45, 7) is 1.56. The van der Waals surface area contributed by atoms with Crippen molar-refractivity contribution in [3.63, 3.8) is 0 Å². The van der Waals surface area contributed by atoms with Crippen LogP contribution in [-0.4, -0.2) is 33.9 Å². The van der Waals surface area contributed by atoms with Crippen LogP contribution in [0.25, 0.3) is 5.82 Å². The first-order chi connectivity index (χ1) is 9.54. The summed E-state index contributed by atoms with van der Waals surface area (Å²) in [6, 6.07) is 5.43. The first-order valence-corrected chi connectivity index (χ1v) is 7.10. The molecule has 2 heterocycles. The Balaban J connectivity index is 2.31. The summed E-state index contributed by atoms with van der Waals surface area (Å²) in [4.78, 5) is 15.5. The fourth-order valence-corrected chi connectivity index (χ4v) is 2.20. The molecule has 0 spiro atoms. The number of hydrogen-bond acceptors (Lipinski definition) is 5. The van der Waals surface area contributed by atoms with Crippen molar-refractivity contribution in [3.8, 4) is 11.7 Å². The van der Waals surface area contributed by atoms with Gasteiger partial charge in [0.1, 0.15) is 8.72 Å². The van der Waals surface area contributed by atoms with Gasteiger partial charge in [-0.05, 0) is 41.6 Å². The highest BCUT2D eigenvalue weighted by molar-refractivity contribution is 14.1. The number of rotatable bonds is 4. The third-order valence-electron chi connectivity index (χ3n) is 2.43. The number of esters is 1. The van der Waals surface area contributed by atoms with E-state index in [2.05, 4.69) is 14.8 Å². The predicted molar refractivity (Wildman–Crippen MR) is 81.2 cm³/mol. The van der Waals surface area contributed by atoms with Gasteiger partial charge in [-0.2, -0.15) is 0 Å². The summed E-state index contributed by atoms with van der Waals surface area (Å²) in [6.07, 6.45) is 0.860. The predicted octanol–water partition coefficient (Wildman–Crippen LogP) is 2.47. The Labute approximate surface area is 134 Å². The number of pyridine rings is 1. The highest BCUT2D eigenvalue weighted by atomic mass is 127. The van der Waals surface area contributed by atoms with Crippen molar-refractivity contribution in [1.29, 1.82) is 0 Å². The summed E-state index contributed by atoms with van der Waals surface area (Å²) >= 11 is 8.20. The van der Waals surface area contributed by atoms with E-state index >= 15 is 0 Å². The van der Waals surface area contributed by atoms with Gasteiger partial charge in [0.15, 0.2) is 11.9 Å². The van der Waals surface area contributed by atoms with Gasteiger partial charge in [0.25, 0.3) is 5.88 Å². The van der Waals surface area contributed by atoms with E-state index in [1.165, 1.54) is 7.11 Å². The van der Waals surface area contributed by atoms with Gasteiger partial charge >= 0.3 is 5.97 Å². The lowest BCUT2D eigenvalue weighted by atomic mass is 10.4. The molecule has 2 aromatic rings. The number of halogens is 2. The highest BCUT2D eigenvalue weighted by Gasteiger charge is 2.22. The van der Waals surface area contributed by atoms with Crippen molar-refractivity contribution >= 4 is 40.2 Å². The Bertz CT molecular complexity index is 618. The number of aromatic nitrogens is 3. The van der Waals surface area contributed by atoms with Crippen molar-refractivity contribution < 1.29 is 14.3 Å². The van der Waals surface area contributed by atoms with E-state index in [1.807, 2.05) is 28.7 Å². The number of nitrogens with zero attached hydrogens (tertiary/aromatic N) is 3. The average molecular weight is 408 g/mol. The fourth-order valence-electron chi connectivity index (χ4n) is 1.45. The van der Waals surface area contributed by atoms with Crippen molar-refractivity contribution in [1.82, 2.24) is 14.8 Å². The minimum absolute atomic E-state index is 0.166. The molecule has 2 rings (SSSR count). The van der Waals surface area contributed by atoms with Crippen LogP contribution in [0.5, 0.6) is 5.88 Å². The zero-order valence-corrected chi connectivity index (χ0v) is 13.6. The van der Waals surface area contributed by atoms with Gasteiger partial charge in [-0.1, -0.05) is 17.7 Å². The van der Waals surface area contributed by atoms with Gasteiger partial charge in [-0.25, -0.2) is 14.5 Å². The minimum Gasteiger partial charge on any atom is -0.466 e. The van der Waals surface area contributed by atoms with Gasteiger partial charge < -0.3 is 9.47 Å². The average Bonchev–Trinajstić information content (AvgIpc) is 2.75. The van der Waals surface area contributed by atoms with Crippen LogP contribution >= 0.6 is 34.2 Å². The van der Waals surface area contributed by atoms with Crippen LogP contribution in [-0.2, 0) is 9.53 Å². The number of carbonyl (C=O) groups excluding carboxylic acids is 1. The highest BCUT2D eigenvalue weighted by Crippen LogP contribution is 2.30. The molecule has 0 saturated heterocycles. The van der Waals surface area contributed by atoms with Crippen LogP contribution in [0.3, 0.4) is 0 Å². The molecule has 0 saturated carbocycles. The van der Waals surface area contributed by atoms with Crippen molar-refractivity contribution in [2.24, 2.45) is 0 Å². The maximum atomic E-state index is 11.4. The second-order valence-electron chi connectivity index (χ2n) is 3.79. The van der Waals surface area contributed by atoms with Gasteiger partial charge in [0, 0.05) is 6.20 Å². The second kappa shape index (κ2) is 6.40. The van der Waals surface area contributed by atoms with E-state index < -0.39 is 12.1 Å². The van der Waals surface area contributed by atoms with Crippen LogP contribution in [0, 0.1) is 3.70 Å². The summed E-state index contributed by atoms with van der Waals surface area (Å²) in [5, 5.41) is 4.55. The third kappa shape index (κ3) is 3.04. The van der Waals surface area contributed by atoms with Crippen molar-refractivity contribution in [2.45, 2.75) is 13.0 Å². The van der Waals surface area contributed by atoms with Gasteiger partial charge in [0.2, 0.25) is 0 Å². The van der Waals surface area contributed by atoms with E-state index in [1.54, 1.807) is 29.9 Å². The van der Waals surface area contributed by atoms with E-state index in [9.17, 15) is 4.79 Å². The molecule has 6 nitrogen and oxygen atoms in total. The summed E-state index contributed by atoms with van der Waals surface area (Å²) in [5.74, 6) is 0.280. The lowest BCUT2D eigenvalue weighted by molar-refractivity contribution is -0.148. The maximum Gasteiger partial charge on any atom is 0.346 e. The topological polar surface area (TPSA) is 66.2 Å². The first-order valence-electron chi connectivity index (χ1n) is 5.64. The Morgan fingerprint density at radius 1 is 1.50 bits per heavy atom. The normalized spacial score (nSPS) is 12.0. The molecule has 0 radical (unpaired) electrons. The molecule has 0 aliphatic rings. The first kappa shape index (κ1) is 15.0. The molecule has 0 fully saturated rings. The smallest absolute Gasteiger partial charge is 0.346 e. The zero-order chi connectivity index (χ0) is 14.7. The molecule has 8 heteroatoms. The summed E-state index contributed by atoms with van der Waals surface area (Å²) in [5.41, 5.74) is 0.